The normalized spacial score (nSPS) is 11.7. The predicted molar refractivity (Wildman–Crippen MR) is 77.0 cm³/mol. The van der Waals surface area contributed by atoms with E-state index in [1.165, 1.54) is 0 Å². The Labute approximate surface area is 125 Å². The van der Waals surface area contributed by atoms with Gasteiger partial charge in [-0.15, -0.1) is 0 Å². The molecular weight excluding hydrogens is 290 g/mol. The van der Waals surface area contributed by atoms with Crippen LogP contribution in [0.25, 0.3) is 0 Å². The number of primary amides is 1. The molecule has 3 N–H and O–H groups in total. The van der Waals surface area contributed by atoms with Gasteiger partial charge in [0.25, 0.3) is 5.91 Å². The van der Waals surface area contributed by atoms with Crippen molar-refractivity contribution < 1.29 is 18.4 Å². The summed E-state index contributed by atoms with van der Waals surface area (Å²) in [6.07, 6.45) is 0.194. The van der Waals surface area contributed by atoms with Crippen LogP contribution < -0.4 is 11.1 Å². The Balaban J connectivity index is 2.13. The number of nitrogens with one attached hydrogen (secondary N) is 1. The Morgan fingerprint density at radius 2 is 1.64 bits per heavy atom. The molecule has 4 nitrogen and oxygen atoms in total. The molecule has 0 saturated heterocycles. The molecular formula is C16H14F2N2O2. The predicted octanol–water partition coefficient (Wildman–Crippen LogP) is 1.79. The first-order chi connectivity index (χ1) is 10.5. The molecule has 0 bridgehead atoms. The number of amides is 2. The highest BCUT2D eigenvalue weighted by Gasteiger charge is 2.20. The number of benzene rings is 2. The number of rotatable bonds is 5. The Hall–Kier alpha value is -2.76. The van der Waals surface area contributed by atoms with Gasteiger partial charge in [-0.25, -0.2) is 8.78 Å². The van der Waals surface area contributed by atoms with Gasteiger partial charge in [-0.2, -0.15) is 0 Å². The van der Waals surface area contributed by atoms with Crippen molar-refractivity contribution in [3.05, 3.63) is 71.3 Å². The minimum Gasteiger partial charge on any atom is -0.368 e. The van der Waals surface area contributed by atoms with Gasteiger partial charge in [-0.05, 0) is 17.7 Å². The van der Waals surface area contributed by atoms with Crippen molar-refractivity contribution in [1.29, 1.82) is 0 Å². The summed E-state index contributed by atoms with van der Waals surface area (Å²) in [6, 6.07) is 10.4. The lowest BCUT2D eigenvalue weighted by Crippen LogP contribution is -2.45. The molecule has 0 aliphatic rings. The van der Waals surface area contributed by atoms with E-state index >= 15 is 0 Å². The molecule has 2 amide bonds. The second-order valence-corrected chi connectivity index (χ2v) is 4.78. The van der Waals surface area contributed by atoms with Crippen LogP contribution in [0, 0.1) is 11.6 Å². The van der Waals surface area contributed by atoms with E-state index in [4.69, 9.17) is 5.73 Å². The zero-order chi connectivity index (χ0) is 16.1. The number of carbonyl (C=O) groups is 2. The van der Waals surface area contributed by atoms with Gasteiger partial charge in [-0.3, -0.25) is 9.59 Å². The topological polar surface area (TPSA) is 72.2 Å². The molecule has 2 aromatic rings. The zero-order valence-corrected chi connectivity index (χ0v) is 11.6. The van der Waals surface area contributed by atoms with Gasteiger partial charge >= 0.3 is 0 Å². The van der Waals surface area contributed by atoms with Crippen LogP contribution >= 0.6 is 0 Å². The number of carbonyl (C=O) groups excluding carboxylic acids is 2. The van der Waals surface area contributed by atoms with Crippen LogP contribution in [0.1, 0.15) is 15.9 Å². The summed E-state index contributed by atoms with van der Waals surface area (Å²) in [5, 5.41) is 2.39. The van der Waals surface area contributed by atoms with Crippen molar-refractivity contribution in [1.82, 2.24) is 5.32 Å². The molecule has 2 rings (SSSR count). The SMILES string of the molecule is NC(=O)[C@@H](Cc1ccccc1)NC(=O)c1cc(F)cc(F)c1. The molecule has 0 radical (unpaired) electrons. The Bertz CT molecular complexity index is 670. The van der Waals surface area contributed by atoms with Gasteiger partial charge in [0.1, 0.15) is 17.7 Å². The number of hydrogen-bond donors (Lipinski definition) is 2. The molecule has 0 unspecified atom stereocenters. The average molecular weight is 304 g/mol. The number of hydrogen-bond acceptors (Lipinski definition) is 2. The highest BCUT2D eigenvalue weighted by Crippen LogP contribution is 2.09. The van der Waals surface area contributed by atoms with Crippen molar-refractivity contribution in [3.63, 3.8) is 0 Å². The van der Waals surface area contributed by atoms with Gasteiger partial charge in [-0.1, -0.05) is 30.3 Å². The molecule has 2 aromatic carbocycles. The second kappa shape index (κ2) is 6.80. The first kappa shape index (κ1) is 15.6. The third-order valence-electron chi connectivity index (χ3n) is 3.06. The van der Waals surface area contributed by atoms with E-state index in [9.17, 15) is 18.4 Å². The van der Waals surface area contributed by atoms with E-state index < -0.39 is 29.5 Å². The van der Waals surface area contributed by atoms with E-state index in [1.54, 1.807) is 24.3 Å². The molecule has 0 saturated carbocycles. The molecule has 22 heavy (non-hydrogen) atoms. The van der Waals surface area contributed by atoms with Crippen LogP contribution in [0.4, 0.5) is 8.78 Å². The molecule has 0 aromatic heterocycles. The lowest BCUT2D eigenvalue weighted by Gasteiger charge is -2.15. The van der Waals surface area contributed by atoms with Crippen LogP contribution in [0.3, 0.4) is 0 Å². The highest BCUT2D eigenvalue weighted by atomic mass is 19.1. The minimum atomic E-state index is -0.971. The van der Waals surface area contributed by atoms with Crippen molar-refractivity contribution in [3.8, 4) is 0 Å². The summed E-state index contributed by atoms with van der Waals surface area (Å²) in [4.78, 5) is 23.5. The van der Waals surface area contributed by atoms with Gasteiger partial charge in [0, 0.05) is 18.1 Å². The summed E-state index contributed by atoms with van der Waals surface area (Å²) < 4.78 is 26.2. The van der Waals surface area contributed by atoms with Crippen molar-refractivity contribution in [2.75, 3.05) is 0 Å². The van der Waals surface area contributed by atoms with E-state index in [0.29, 0.717) is 6.07 Å². The van der Waals surface area contributed by atoms with Gasteiger partial charge < -0.3 is 11.1 Å². The number of halogens is 2. The standard InChI is InChI=1S/C16H14F2N2O2/c17-12-7-11(8-13(18)9-12)16(22)20-14(15(19)21)6-10-4-2-1-3-5-10/h1-5,7-9,14H,6H2,(H2,19,21)(H,20,22)/t14-/m1/s1. The van der Waals surface area contributed by atoms with E-state index in [2.05, 4.69) is 5.32 Å². The van der Waals surface area contributed by atoms with Crippen LogP contribution in [0.5, 0.6) is 0 Å². The summed E-state index contributed by atoms with van der Waals surface area (Å²) >= 11 is 0. The Morgan fingerprint density at radius 1 is 1.05 bits per heavy atom. The van der Waals surface area contributed by atoms with Crippen LogP contribution in [-0.4, -0.2) is 17.9 Å². The lowest BCUT2D eigenvalue weighted by atomic mass is 10.0. The number of nitrogens with two attached hydrogens (primary N) is 1. The first-order valence-corrected chi connectivity index (χ1v) is 6.56. The highest BCUT2D eigenvalue weighted by molar-refractivity contribution is 5.97. The molecule has 0 aliphatic heterocycles. The maximum atomic E-state index is 13.1. The van der Waals surface area contributed by atoms with Gasteiger partial charge in [0.05, 0.1) is 0 Å². The third-order valence-corrected chi connectivity index (χ3v) is 3.06. The summed E-state index contributed by atoms with van der Waals surface area (Å²) in [7, 11) is 0. The molecule has 1 atom stereocenters. The van der Waals surface area contributed by atoms with Crippen LogP contribution in [0.15, 0.2) is 48.5 Å². The molecule has 0 aliphatic carbocycles. The Kier molecular flexibility index (Phi) is 4.83. The summed E-state index contributed by atoms with van der Waals surface area (Å²) in [5.41, 5.74) is 5.86. The molecule has 114 valence electrons. The summed E-state index contributed by atoms with van der Waals surface area (Å²) in [5.74, 6) is -3.24. The van der Waals surface area contributed by atoms with Crippen molar-refractivity contribution in [2.45, 2.75) is 12.5 Å². The van der Waals surface area contributed by atoms with Crippen molar-refractivity contribution >= 4 is 11.8 Å². The first-order valence-electron chi connectivity index (χ1n) is 6.56. The molecule has 0 fully saturated rings. The monoisotopic (exact) mass is 304 g/mol. The lowest BCUT2D eigenvalue weighted by molar-refractivity contribution is -0.119. The molecule has 6 heteroatoms. The summed E-state index contributed by atoms with van der Waals surface area (Å²) in [6.45, 7) is 0. The quantitative estimate of drug-likeness (QED) is 0.884. The third kappa shape index (κ3) is 4.12. The van der Waals surface area contributed by atoms with Gasteiger partial charge in [0.2, 0.25) is 5.91 Å². The van der Waals surface area contributed by atoms with E-state index in [-0.39, 0.29) is 12.0 Å². The van der Waals surface area contributed by atoms with Crippen LogP contribution in [0.2, 0.25) is 0 Å². The second-order valence-electron chi connectivity index (χ2n) is 4.78. The van der Waals surface area contributed by atoms with E-state index in [1.807, 2.05) is 6.07 Å². The van der Waals surface area contributed by atoms with Gasteiger partial charge in [0.15, 0.2) is 0 Å². The van der Waals surface area contributed by atoms with Crippen LogP contribution in [-0.2, 0) is 11.2 Å². The molecule has 0 heterocycles. The van der Waals surface area contributed by atoms with E-state index in [0.717, 1.165) is 17.7 Å². The minimum absolute atomic E-state index is 0.194. The maximum Gasteiger partial charge on any atom is 0.252 e. The van der Waals surface area contributed by atoms with Crippen molar-refractivity contribution in [2.24, 2.45) is 5.73 Å². The smallest absolute Gasteiger partial charge is 0.252 e. The fraction of sp³-hybridized carbons (Fsp3) is 0.125. The fourth-order valence-corrected chi connectivity index (χ4v) is 2.00. The zero-order valence-electron chi connectivity index (χ0n) is 11.6. The Morgan fingerprint density at radius 3 is 2.18 bits per heavy atom. The average Bonchev–Trinajstić information content (AvgIpc) is 2.46. The molecule has 0 spiro atoms. The maximum absolute atomic E-state index is 13.1. The fourth-order valence-electron chi connectivity index (χ4n) is 2.00. The largest absolute Gasteiger partial charge is 0.368 e.